The predicted octanol–water partition coefficient (Wildman–Crippen LogP) is 3.39. The molecular formula is C26H29N5O5. The van der Waals surface area contributed by atoms with E-state index in [1.54, 1.807) is 43.9 Å². The molecule has 0 saturated carbocycles. The second-order valence-corrected chi connectivity index (χ2v) is 8.20. The SMILES string of the molecule is COc1ccc(-c2nnc3ccc(OCCNC(=O)C(C)Oc4cc(C)ccc4C)nn23)cc1OC. The minimum atomic E-state index is -0.638. The number of aryl methyl sites for hydroxylation is 2. The molecule has 10 nitrogen and oxygen atoms in total. The van der Waals surface area contributed by atoms with Gasteiger partial charge in [0.15, 0.2) is 29.1 Å². The lowest BCUT2D eigenvalue weighted by Gasteiger charge is -2.16. The summed E-state index contributed by atoms with van der Waals surface area (Å²) in [7, 11) is 3.15. The number of ether oxygens (including phenoxy) is 4. The highest BCUT2D eigenvalue weighted by atomic mass is 16.5. The third-order valence-electron chi connectivity index (χ3n) is 5.55. The van der Waals surface area contributed by atoms with Crippen LogP contribution in [0.4, 0.5) is 0 Å². The molecule has 1 N–H and O–H groups in total. The third kappa shape index (κ3) is 5.48. The molecule has 0 aliphatic rings. The number of carbonyl (C=O) groups excluding carboxylic acids is 1. The first kappa shape index (κ1) is 24.8. The molecule has 188 valence electrons. The predicted molar refractivity (Wildman–Crippen MR) is 134 cm³/mol. The molecule has 4 aromatic rings. The van der Waals surface area contributed by atoms with Crippen LogP contribution >= 0.6 is 0 Å². The fourth-order valence-corrected chi connectivity index (χ4v) is 3.56. The lowest BCUT2D eigenvalue weighted by Crippen LogP contribution is -2.38. The molecule has 0 spiro atoms. The first-order valence-electron chi connectivity index (χ1n) is 11.5. The number of hydrogen-bond donors (Lipinski definition) is 1. The number of methoxy groups -OCH3 is 2. The summed E-state index contributed by atoms with van der Waals surface area (Å²) in [5.41, 5.74) is 3.38. The fourth-order valence-electron chi connectivity index (χ4n) is 3.56. The zero-order valence-corrected chi connectivity index (χ0v) is 20.9. The molecule has 1 unspecified atom stereocenters. The van der Waals surface area contributed by atoms with E-state index in [4.69, 9.17) is 18.9 Å². The molecule has 0 aliphatic carbocycles. The molecular weight excluding hydrogens is 462 g/mol. The van der Waals surface area contributed by atoms with Crippen molar-refractivity contribution in [3.63, 3.8) is 0 Å². The number of nitrogens with one attached hydrogen (secondary N) is 1. The van der Waals surface area contributed by atoms with Crippen molar-refractivity contribution in [2.24, 2.45) is 0 Å². The molecule has 0 radical (unpaired) electrons. The fraction of sp³-hybridized carbons (Fsp3) is 0.308. The van der Waals surface area contributed by atoms with Crippen molar-refractivity contribution < 1.29 is 23.7 Å². The quantitative estimate of drug-likeness (QED) is 0.336. The standard InChI is InChI=1S/C26H29N5O5/c1-16-6-7-17(2)21(14-16)36-18(3)26(32)27-12-13-35-24-11-10-23-28-29-25(31(23)30-24)19-8-9-20(33-4)22(15-19)34-5/h6-11,14-15,18H,12-13H2,1-5H3,(H,27,32). The van der Waals surface area contributed by atoms with Crippen LogP contribution in [-0.4, -0.2) is 59.2 Å². The Labute approximate surface area is 209 Å². The van der Waals surface area contributed by atoms with E-state index < -0.39 is 6.10 Å². The summed E-state index contributed by atoms with van der Waals surface area (Å²) in [5.74, 6) is 2.57. The molecule has 0 fully saturated rings. The van der Waals surface area contributed by atoms with Crippen LogP contribution in [0.25, 0.3) is 17.0 Å². The molecule has 1 amide bonds. The van der Waals surface area contributed by atoms with Gasteiger partial charge < -0.3 is 24.3 Å². The summed E-state index contributed by atoms with van der Waals surface area (Å²) in [6.07, 6.45) is -0.638. The van der Waals surface area contributed by atoms with Gasteiger partial charge in [-0.05, 0) is 62.2 Å². The van der Waals surface area contributed by atoms with Crippen LogP contribution in [-0.2, 0) is 4.79 Å². The van der Waals surface area contributed by atoms with Crippen molar-refractivity contribution in [1.29, 1.82) is 0 Å². The zero-order chi connectivity index (χ0) is 25.7. The Kier molecular flexibility index (Phi) is 7.53. The van der Waals surface area contributed by atoms with E-state index in [1.807, 2.05) is 44.2 Å². The molecule has 0 saturated heterocycles. The van der Waals surface area contributed by atoms with Crippen molar-refractivity contribution in [3.05, 3.63) is 59.7 Å². The molecule has 4 rings (SSSR count). The zero-order valence-electron chi connectivity index (χ0n) is 20.9. The topological polar surface area (TPSA) is 109 Å². The van der Waals surface area contributed by atoms with Gasteiger partial charge in [0.05, 0.1) is 20.8 Å². The van der Waals surface area contributed by atoms with Crippen LogP contribution in [0, 0.1) is 13.8 Å². The maximum Gasteiger partial charge on any atom is 0.260 e. The van der Waals surface area contributed by atoms with Gasteiger partial charge in [0.2, 0.25) is 5.88 Å². The Bertz CT molecular complexity index is 1370. The molecule has 10 heteroatoms. The van der Waals surface area contributed by atoms with Crippen LogP contribution in [0.5, 0.6) is 23.1 Å². The second kappa shape index (κ2) is 10.9. The van der Waals surface area contributed by atoms with E-state index in [1.165, 1.54) is 0 Å². The van der Waals surface area contributed by atoms with Crippen molar-refractivity contribution in [2.75, 3.05) is 27.4 Å². The molecule has 0 bridgehead atoms. The number of fused-ring (bicyclic) bond motifs is 1. The van der Waals surface area contributed by atoms with Crippen molar-refractivity contribution in [2.45, 2.75) is 26.9 Å². The van der Waals surface area contributed by atoms with E-state index in [2.05, 4.69) is 20.6 Å². The Morgan fingerprint density at radius 2 is 1.78 bits per heavy atom. The molecule has 0 aliphatic heterocycles. The summed E-state index contributed by atoms with van der Waals surface area (Å²) in [4.78, 5) is 12.4. The first-order valence-corrected chi connectivity index (χ1v) is 11.5. The van der Waals surface area contributed by atoms with Gasteiger partial charge in [-0.15, -0.1) is 15.3 Å². The first-order chi connectivity index (χ1) is 17.4. The molecule has 36 heavy (non-hydrogen) atoms. The largest absolute Gasteiger partial charge is 0.493 e. The molecule has 2 heterocycles. The van der Waals surface area contributed by atoms with Crippen LogP contribution < -0.4 is 24.3 Å². The van der Waals surface area contributed by atoms with Crippen molar-refractivity contribution >= 4 is 11.6 Å². The van der Waals surface area contributed by atoms with Crippen LogP contribution in [0.15, 0.2) is 48.5 Å². The normalized spacial score (nSPS) is 11.7. The van der Waals surface area contributed by atoms with Gasteiger partial charge in [-0.25, -0.2) is 0 Å². The summed E-state index contributed by atoms with van der Waals surface area (Å²) in [5, 5.41) is 15.7. The van der Waals surface area contributed by atoms with Crippen molar-refractivity contribution in [1.82, 2.24) is 25.1 Å². The van der Waals surface area contributed by atoms with Gasteiger partial charge in [-0.2, -0.15) is 4.52 Å². The Morgan fingerprint density at radius 3 is 2.56 bits per heavy atom. The lowest BCUT2D eigenvalue weighted by molar-refractivity contribution is -0.127. The maximum absolute atomic E-state index is 12.4. The van der Waals surface area contributed by atoms with Gasteiger partial charge in [-0.1, -0.05) is 12.1 Å². The Balaban J connectivity index is 1.36. The number of carbonyl (C=O) groups is 1. The number of nitrogens with zero attached hydrogens (tertiary/aromatic N) is 4. The van der Waals surface area contributed by atoms with Crippen LogP contribution in [0.3, 0.4) is 0 Å². The monoisotopic (exact) mass is 491 g/mol. The van der Waals surface area contributed by atoms with Gasteiger partial charge >= 0.3 is 0 Å². The number of benzene rings is 2. The summed E-state index contributed by atoms with van der Waals surface area (Å²) < 4.78 is 23.9. The minimum Gasteiger partial charge on any atom is -0.493 e. The second-order valence-electron chi connectivity index (χ2n) is 8.20. The Hall–Kier alpha value is -4.34. The number of aromatic nitrogens is 4. The maximum atomic E-state index is 12.4. The van der Waals surface area contributed by atoms with E-state index in [-0.39, 0.29) is 12.5 Å². The van der Waals surface area contributed by atoms with Gasteiger partial charge in [-0.3, -0.25) is 4.79 Å². The summed E-state index contributed by atoms with van der Waals surface area (Å²) >= 11 is 0. The van der Waals surface area contributed by atoms with Gasteiger partial charge in [0.25, 0.3) is 5.91 Å². The minimum absolute atomic E-state index is 0.225. The van der Waals surface area contributed by atoms with E-state index in [9.17, 15) is 4.79 Å². The number of hydrogen-bond acceptors (Lipinski definition) is 8. The lowest BCUT2D eigenvalue weighted by atomic mass is 10.1. The average molecular weight is 492 g/mol. The highest BCUT2D eigenvalue weighted by molar-refractivity contribution is 5.80. The highest BCUT2D eigenvalue weighted by Gasteiger charge is 2.16. The molecule has 2 aromatic heterocycles. The van der Waals surface area contributed by atoms with E-state index in [0.717, 1.165) is 16.7 Å². The van der Waals surface area contributed by atoms with Gasteiger partial charge in [0.1, 0.15) is 12.4 Å². The smallest absolute Gasteiger partial charge is 0.260 e. The third-order valence-corrected chi connectivity index (χ3v) is 5.55. The summed E-state index contributed by atoms with van der Waals surface area (Å²) in [6, 6.07) is 14.8. The van der Waals surface area contributed by atoms with Crippen LogP contribution in [0.1, 0.15) is 18.1 Å². The number of amides is 1. The van der Waals surface area contributed by atoms with E-state index in [0.29, 0.717) is 41.1 Å². The summed E-state index contributed by atoms with van der Waals surface area (Å²) in [6.45, 7) is 6.17. The van der Waals surface area contributed by atoms with E-state index >= 15 is 0 Å². The average Bonchev–Trinajstić information content (AvgIpc) is 3.31. The highest BCUT2D eigenvalue weighted by Crippen LogP contribution is 2.31. The van der Waals surface area contributed by atoms with Crippen molar-refractivity contribution in [3.8, 4) is 34.5 Å². The number of rotatable bonds is 10. The molecule has 2 aromatic carbocycles. The van der Waals surface area contributed by atoms with Gasteiger partial charge in [0, 0.05) is 11.6 Å². The van der Waals surface area contributed by atoms with Crippen LogP contribution in [0.2, 0.25) is 0 Å². The molecule has 1 atom stereocenters. The Morgan fingerprint density at radius 1 is 0.972 bits per heavy atom.